The van der Waals surface area contributed by atoms with E-state index in [1.165, 1.54) is 289 Å². The van der Waals surface area contributed by atoms with Gasteiger partial charge >= 0.3 is 39.5 Å². The van der Waals surface area contributed by atoms with Gasteiger partial charge in [-0.25, -0.2) is 9.13 Å². The summed E-state index contributed by atoms with van der Waals surface area (Å²) in [5, 5.41) is 10.7. The molecular weight excluding hydrogens is 1340 g/mol. The van der Waals surface area contributed by atoms with E-state index in [2.05, 4.69) is 27.7 Å². The van der Waals surface area contributed by atoms with Gasteiger partial charge in [-0.1, -0.05) is 407 Å². The quantitative estimate of drug-likeness (QED) is 0.0222. The number of rotatable bonds is 85. The Morgan fingerprint density at radius 1 is 0.233 bits per heavy atom. The molecule has 0 aromatic carbocycles. The van der Waals surface area contributed by atoms with Crippen LogP contribution in [0, 0.1) is 0 Å². The Labute approximate surface area is 632 Å². The minimum absolute atomic E-state index is 0.109. The molecule has 0 spiro atoms. The summed E-state index contributed by atoms with van der Waals surface area (Å²) < 4.78 is 68.8. The number of hydrogen-bond acceptors (Lipinski definition) is 15. The summed E-state index contributed by atoms with van der Waals surface area (Å²) in [4.78, 5) is 73.2. The van der Waals surface area contributed by atoms with E-state index < -0.39 is 97.5 Å². The molecule has 19 heteroatoms. The maximum absolute atomic E-state index is 13.1. The molecule has 3 N–H and O–H groups in total. The molecule has 0 bridgehead atoms. The van der Waals surface area contributed by atoms with Crippen molar-refractivity contribution in [3.8, 4) is 0 Å². The van der Waals surface area contributed by atoms with Crippen molar-refractivity contribution in [3.05, 3.63) is 0 Å². The molecule has 0 saturated carbocycles. The summed E-state index contributed by atoms with van der Waals surface area (Å²) >= 11 is 0. The second kappa shape index (κ2) is 78.2. The van der Waals surface area contributed by atoms with Gasteiger partial charge in [0.05, 0.1) is 26.4 Å². The Hall–Kier alpha value is -1.94. The zero-order valence-corrected chi connectivity index (χ0v) is 69.1. The smallest absolute Gasteiger partial charge is 0.462 e. The minimum Gasteiger partial charge on any atom is -0.462 e. The highest BCUT2D eigenvalue weighted by atomic mass is 31.2. The molecule has 0 saturated heterocycles. The summed E-state index contributed by atoms with van der Waals surface area (Å²) in [7, 11) is -9.92. The number of phosphoric acid groups is 2. The van der Waals surface area contributed by atoms with Crippen LogP contribution in [0.25, 0.3) is 0 Å². The van der Waals surface area contributed by atoms with Crippen molar-refractivity contribution in [2.75, 3.05) is 39.6 Å². The van der Waals surface area contributed by atoms with Crippen LogP contribution in [0.3, 0.4) is 0 Å². The van der Waals surface area contributed by atoms with E-state index in [9.17, 15) is 43.2 Å². The second-order valence-corrected chi connectivity index (χ2v) is 33.1. The maximum Gasteiger partial charge on any atom is 0.472 e. The van der Waals surface area contributed by atoms with Crippen molar-refractivity contribution in [3.63, 3.8) is 0 Å². The van der Waals surface area contributed by atoms with Crippen molar-refractivity contribution < 1.29 is 80.2 Å². The number of aliphatic hydroxyl groups excluding tert-OH is 1. The molecule has 2 unspecified atom stereocenters. The van der Waals surface area contributed by atoms with E-state index in [-0.39, 0.29) is 25.7 Å². The molecule has 0 aromatic heterocycles. The lowest BCUT2D eigenvalue weighted by atomic mass is 10.0. The van der Waals surface area contributed by atoms with Gasteiger partial charge in [0.2, 0.25) is 0 Å². The van der Waals surface area contributed by atoms with Gasteiger partial charge in [-0.3, -0.25) is 37.3 Å². The third-order valence-corrected chi connectivity index (χ3v) is 21.8. The van der Waals surface area contributed by atoms with Crippen LogP contribution in [0.1, 0.15) is 458 Å². The van der Waals surface area contributed by atoms with Gasteiger partial charge in [-0.15, -0.1) is 0 Å². The van der Waals surface area contributed by atoms with Gasteiger partial charge in [0.1, 0.15) is 19.3 Å². The Morgan fingerprint density at radius 2 is 0.388 bits per heavy atom. The Morgan fingerprint density at radius 3 is 0.573 bits per heavy atom. The van der Waals surface area contributed by atoms with Crippen LogP contribution in [0.15, 0.2) is 0 Å². The van der Waals surface area contributed by atoms with Gasteiger partial charge in [0.15, 0.2) is 12.2 Å². The van der Waals surface area contributed by atoms with Gasteiger partial charge in [-0.2, -0.15) is 0 Å². The zero-order chi connectivity index (χ0) is 75.3. The molecule has 17 nitrogen and oxygen atoms in total. The number of esters is 4. The van der Waals surface area contributed by atoms with E-state index >= 15 is 0 Å². The molecule has 5 atom stereocenters. The van der Waals surface area contributed by atoms with Crippen LogP contribution in [0.5, 0.6) is 0 Å². The third-order valence-electron chi connectivity index (χ3n) is 19.9. The van der Waals surface area contributed by atoms with Gasteiger partial charge in [-0.05, 0) is 25.7 Å². The maximum atomic E-state index is 13.1. The predicted octanol–water partition coefficient (Wildman–Crippen LogP) is 25.7. The van der Waals surface area contributed by atoms with Crippen molar-refractivity contribution in [1.82, 2.24) is 0 Å². The van der Waals surface area contributed by atoms with Crippen molar-refractivity contribution in [2.45, 2.75) is 476 Å². The normalized spacial score (nSPS) is 13.7. The lowest BCUT2D eigenvalue weighted by Crippen LogP contribution is -2.30. The first-order chi connectivity index (χ1) is 50.2. The van der Waals surface area contributed by atoms with Crippen molar-refractivity contribution in [2.24, 2.45) is 0 Å². The van der Waals surface area contributed by atoms with Crippen LogP contribution in [-0.4, -0.2) is 96.7 Å². The van der Waals surface area contributed by atoms with Crippen LogP contribution < -0.4 is 0 Å². The monoisotopic (exact) mass is 1510 g/mol. The first-order valence-electron chi connectivity index (χ1n) is 43.8. The fourth-order valence-corrected chi connectivity index (χ4v) is 14.7. The lowest BCUT2D eigenvalue weighted by molar-refractivity contribution is -0.161. The molecule has 0 heterocycles. The average Bonchev–Trinajstić information content (AvgIpc) is 0.921. The van der Waals surface area contributed by atoms with Crippen LogP contribution in [0.4, 0.5) is 0 Å². The van der Waals surface area contributed by atoms with Crippen LogP contribution >= 0.6 is 15.6 Å². The average molecular weight is 1510 g/mol. The summed E-state index contributed by atoms with van der Waals surface area (Å²) in [6.45, 7) is 5.05. The first-order valence-corrected chi connectivity index (χ1v) is 46.8. The second-order valence-electron chi connectivity index (χ2n) is 30.2. The first kappa shape index (κ1) is 101. The number of ether oxygens (including phenoxy) is 4. The van der Waals surface area contributed by atoms with Crippen LogP contribution in [0.2, 0.25) is 0 Å². The molecule has 0 aliphatic heterocycles. The largest absolute Gasteiger partial charge is 0.472 e. The molecular formula is C84H164O17P2. The molecule has 0 radical (unpaired) electrons. The Balaban J connectivity index is 5.22. The van der Waals surface area contributed by atoms with E-state index in [0.29, 0.717) is 25.7 Å². The highest BCUT2D eigenvalue weighted by Crippen LogP contribution is 2.45. The number of unbranched alkanes of at least 4 members (excludes halogenated alkanes) is 59. The standard InChI is InChI=1S/C84H164O17P2/c1-5-9-13-17-21-25-29-33-36-37-38-39-40-41-42-43-47-51-55-59-63-67-71-84(89)101-80(75-95-82(87)69-65-61-57-53-49-45-34-30-26-22-18-14-10-6-2)77-99-103(92,93)97-73-78(85)72-96-102(90,91)98-76-79(74-94-81(86)68-64-60-56-52-48-44-32-28-24-20-16-12-8-4)100-83(88)70-66-62-58-54-50-46-35-31-27-23-19-15-11-7-3/h78-80,85H,5-77H2,1-4H3,(H,90,91)(H,92,93)/t78-,79+,80+/m0/s1. The SMILES string of the molecule is CCCCCCCCCCCCCCCCCCCCCCCCC(=O)O[C@H](COC(=O)CCCCCCCCCCCCCCCC)COP(=O)(O)OC[C@@H](O)COP(=O)(O)OC[C@@H](COC(=O)CCCCCCCCCCCCCCC)OC(=O)CCCCCCCCCCCCCCCC. The highest BCUT2D eigenvalue weighted by Gasteiger charge is 2.30. The Bertz CT molecular complexity index is 1950. The van der Waals surface area contributed by atoms with Gasteiger partial charge < -0.3 is 33.8 Å². The third kappa shape index (κ3) is 78.0. The van der Waals surface area contributed by atoms with Crippen molar-refractivity contribution in [1.29, 1.82) is 0 Å². The summed E-state index contributed by atoms with van der Waals surface area (Å²) in [5.74, 6) is -2.10. The number of phosphoric ester groups is 2. The molecule has 0 amide bonds. The molecule has 0 aliphatic carbocycles. The minimum atomic E-state index is -4.96. The number of carbonyl (C=O) groups excluding carboxylic acids is 4. The number of aliphatic hydroxyl groups is 1. The fraction of sp³-hybridized carbons (Fsp3) is 0.952. The molecule has 612 valence electrons. The number of carbonyl (C=O) groups is 4. The summed E-state index contributed by atoms with van der Waals surface area (Å²) in [6.07, 6.45) is 72.1. The summed E-state index contributed by atoms with van der Waals surface area (Å²) in [6, 6.07) is 0. The summed E-state index contributed by atoms with van der Waals surface area (Å²) in [5.41, 5.74) is 0. The van der Waals surface area contributed by atoms with E-state index in [1.54, 1.807) is 0 Å². The predicted molar refractivity (Wildman–Crippen MR) is 423 cm³/mol. The fourth-order valence-electron chi connectivity index (χ4n) is 13.2. The van der Waals surface area contributed by atoms with Gasteiger partial charge in [0.25, 0.3) is 0 Å². The molecule has 0 rings (SSSR count). The zero-order valence-electron chi connectivity index (χ0n) is 67.3. The topological polar surface area (TPSA) is 237 Å². The molecule has 0 aromatic rings. The van der Waals surface area contributed by atoms with Gasteiger partial charge in [0, 0.05) is 25.7 Å². The van der Waals surface area contributed by atoms with Crippen LogP contribution in [-0.2, 0) is 65.4 Å². The van der Waals surface area contributed by atoms with Crippen molar-refractivity contribution >= 4 is 39.5 Å². The molecule has 0 fully saturated rings. The molecule has 0 aliphatic rings. The van der Waals surface area contributed by atoms with E-state index in [0.717, 1.165) is 89.9 Å². The van der Waals surface area contributed by atoms with E-state index in [1.807, 2.05) is 0 Å². The molecule has 103 heavy (non-hydrogen) atoms. The number of hydrogen-bond donors (Lipinski definition) is 3. The highest BCUT2D eigenvalue weighted by molar-refractivity contribution is 7.47. The lowest BCUT2D eigenvalue weighted by Gasteiger charge is -2.21. The Kier molecular flexibility index (Phi) is 76.7. The van der Waals surface area contributed by atoms with E-state index in [4.69, 9.17) is 37.0 Å².